The zero-order valence-corrected chi connectivity index (χ0v) is 14.9. The lowest BCUT2D eigenvalue weighted by atomic mass is 10.00. The Kier molecular flexibility index (Phi) is 6.12. The lowest BCUT2D eigenvalue weighted by Crippen LogP contribution is -2.26. The van der Waals surface area contributed by atoms with E-state index in [1.165, 1.54) is 44.6 Å². The van der Waals surface area contributed by atoms with Crippen LogP contribution in [0.5, 0.6) is 0 Å². The van der Waals surface area contributed by atoms with Crippen molar-refractivity contribution in [3.8, 4) is 0 Å². The first-order valence-corrected chi connectivity index (χ1v) is 9.01. The van der Waals surface area contributed by atoms with Crippen LogP contribution in [0.15, 0.2) is 46.1 Å². The van der Waals surface area contributed by atoms with Gasteiger partial charge in [0.25, 0.3) is 10.0 Å². The highest BCUT2D eigenvalue weighted by atomic mass is 32.2. The molecule has 1 heterocycles. The van der Waals surface area contributed by atoms with Gasteiger partial charge in [-0.25, -0.2) is 12.7 Å². The monoisotopic (exact) mass is 392 g/mol. The van der Waals surface area contributed by atoms with Crippen molar-refractivity contribution in [2.75, 3.05) is 20.7 Å². The maximum atomic E-state index is 13.1. The molecular formula is C16H19F3N2O4S. The van der Waals surface area contributed by atoms with Crippen molar-refractivity contribution >= 4 is 10.0 Å². The number of aliphatic hydroxyl groups is 1. The molecule has 0 fully saturated rings. The summed E-state index contributed by atoms with van der Waals surface area (Å²) in [5, 5.41) is 12.0. The number of alkyl halides is 3. The molecule has 1 unspecified atom stereocenters. The van der Waals surface area contributed by atoms with Gasteiger partial charge < -0.3 is 14.8 Å². The molecule has 2 rings (SSSR count). The van der Waals surface area contributed by atoms with Crippen LogP contribution in [0.1, 0.15) is 22.7 Å². The third-order valence-electron chi connectivity index (χ3n) is 3.74. The first-order chi connectivity index (χ1) is 12.1. The molecule has 0 amide bonds. The number of rotatable bonds is 7. The average Bonchev–Trinajstić information content (AvgIpc) is 3.04. The van der Waals surface area contributed by atoms with Gasteiger partial charge in [-0.2, -0.15) is 13.2 Å². The van der Waals surface area contributed by atoms with Crippen molar-refractivity contribution in [1.29, 1.82) is 0 Å². The minimum Gasteiger partial charge on any atom is -0.451 e. The van der Waals surface area contributed by atoms with E-state index in [-0.39, 0.29) is 17.2 Å². The number of hydrogen-bond acceptors (Lipinski definition) is 5. The summed E-state index contributed by atoms with van der Waals surface area (Å²) < 4.78 is 69.3. The van der Waals surface area contributed by atoms with Gasteiger partial charge >= 0.3 is 6.18 Å². The van der Waals surface area contributed by atoms with Crippen LogP contribution in [0.25, 0.3) is 0 Å². The van der Waals surface area contributed by atoms with Gasteiger partial charge in [0, 0.05) is 32.3 Å². The van der Waals surface area contributed by atoms with Gasteiger partial charge in [0.05, 0.1) is 24.5 Å². The van der Waals surface area contributed by atoms with Gasteiger partial charge in [-0.3, -0.25) is 0 Å². The fraction of sp³-hybridized carbons (Fsp3) is 0.375. The molecule has 6 nitrogen and oxygen atoms in total. The Morgan fingerprint density at radius 1 is 1.27 bits per heavy atom. The molecule has 0 spiro atoms. The highest BCUT2D eigenvalue weighted by Crippen LogP contribution is 2.34. The molecule has 0 bridgehead atoms. The van der Waals surface area contributed by atoms with Gasteiger partial charge in [0.2, 0.25) is 5.09 Å². The van der Waals surface area contributed by atoms with E-state index in [1.807, 2.05) is 0 Å². The van der Waals surface area contributed by atoms with Crippen molar-refractivity contribution in [1.82, 2.24) is 9.62 Å². The second kappa shape index (κ2) is 7.78. The number of benzene rings is 1. The second-order valence-electron chi connectivity index (χ2n) is 5.76. The van der Waals surface area contributed by atoms with Crippen molar-refractivity contribution < 1.29 is 31.1 Å². The standard InChI is InChI=1S/C16H19F3N2O4S/c1-21(2)26(23,24)15-7-11(10-25-15)8-20-14(9-22)12-5-3-4-6-13(12)16(17,18)19/h3-7,10,14,20,22H,8-9H2,1-2H3. The van der Waals surface area contributed by atoms with Crippen molar-refractivity contribution in [3.05, 3.63) is 53.3 Å². The smallest absolute Gasteiger partial charge is 0.416 e. The summed E-state index contributed by atoms with van der Waals surface area (Å²) >= 11 is 0. The van der Waals surface area contributed by atoms with Gasteiger partial charge in [-0.05, 0) is 11.6 Å². The van der Waals surface area contributed by atoms with Crippen LogP contribution in [0.2, 0.25) is 0 Å². The Bertz CT molecular complexity index is 847. The molecule has 1 aromatic carbocycles. The zero-order chi connectivity index (χ0) is 19.5. The van der Waals surface area contributed by atoms with E-state index in [0.29, 0.717) is 5.56 Å². The predicted molar refractivity (Wildman–Crippen MR) is 87.7 cm³/mol. The molecule has 0 radical (unpaired) electrons. The number of furan rings is 1. The van der Waals surface area contributed by atoms with E-state index < -0.39 is 34.4 Å². The van der Waals surface area contributed by atoms with Crippen LogP contribution in [0.4, 0.5) is 13.2 Å². The molecule has 1 atom stereocenters. The molecule has 26 heavy (non-hydrogen) atoms. The normalized spacial score (nSPS) is 14.0. The fourth-order valence-corrected chi connectivity index (χ4v) is 3.16. The second-order valence-corrected chi connectivity index (χ2v) is 7.85. The van der Waals surface area contributed by atoms with Crippen molar-refractivity contribution in [3.63, 3.8) is 0 Å². The summed E-state index contributed by atoms with van der Waals surface area (Å²) in [6, 6.07) is 5.26. The van der Waals surface area contributed by atoms with E-state index in [1.54, 1.807) is 0 Å². The van der Waals surface area contributed by atoms with E-state index in [2.05, 4.69) is 5.32 Å². The molecule has 2 N–H and O–H groups in total. The van der Waals surface area contributed by atoms with Crippen molar-refractivity contribution in [2.45, 2.75) is 23.9 Å². The van der Waals surface area contributed by atoms with Gasteiger partial charge in [-0.15, -0.1) is 0 Å². The fourth-order valence-electron chi connectivity index (χ4n) is 2.33. The molecule has 0 saturated heterocycles. The van der Waals surface area contributed by atoms with Crippen LogP contribution in [0, 0.1) is 0 Å². The van der Waals surface area contributed by atoms with Crippen LogP contribution in [-0.4, -0.2) is 38.5 Å². The Morgan fingerprint density at radius 3 is 2.50 bits per heavy atom. The third-order valence-corrected chi connectivity index (χ3v) is 5.43. The van der Waals surface area contributed by atoms with Gasteiger partial charge in [0.1, 0.15) is 0 Å². The SMILES string of the molecule is CN(C)S(=O)(=O)c1cc(CNC(CO)c2ccccc2C(F)(F)F)co1. The van der Waals surface area contributed by atoms with E-state index in [0.717, 1.165) is 10.4 Å². The average molecular weight is 392 g/mol. The Hall–Kier alpha value is -1.88. The van der Waals surface area contributed by atoms with Gasteiger partial charge in [-0.1, -0.05) is 18.2 Å². The molecule has 0 aliphatic carbocycles. The largest absolute Gasteiger partial charge is 0.451 e. The lowest BCUT2D eigenvalue weighted by Gasteiger charge is -2.21. The minimum atomic E-state index is -4.55. The molecule has 10 heteroatoms. The number of nitrogens with one attached hydrogen (secondary N) is 1. The van der Waals surface area contributed by atoms with Crippen LogP contribution in [-0.2, 0) is 22.7 Å². The minimum absolute atomic E-state index is 0.0177. The number of hydrogen-bond donors (Lipinski definition) is 2. The summed E-state index contributed by atoms with van der Waals surface area (Å²) in [5.74, 6) is 0. The maximum absolute atomic E-state index is 13.1. The van der Waals surface area contributed by atoms with Gasteiger partial charge in [0.15, 0.2) is 0 Å². The number of nitrogens with zero attached hydrogens (tertiary/aromatic N) is 1. The molecule has 2 aromatic rings. The quantitative estimate of drug-likeness (QED) is 0.756. The molecule has 0 saturated carbocycles. The summed E-state index contributed by atoms with van der Waals surface area (Å²) in [6.45, 7) is -0.544. The molecule has 0 aliphatic rings. The summed E-state index contributed by atoms with van der Waals surface area (Å²) in [4.78, 5) is 0. The Balaban J connectivity index is 2.18. The zero-order valence-electron chi connectivity index (χ0n) is 14.1. The van der Waals surface area contributed by atoms with E-state index >= 15 is 0 Å². The number of halogens is 3. The summed E-state index contributed by atoms with van der Waals surface area (Å²) in [6.07, 6.45) is -3.35. The summed E-state index contributed by atoms with van der Waals surface area (Å²) in [5.41, 5.74) is -0.505. The topological polar surface area (TPSA) is 82.8 Å². The summed E-state index contributed by atoms with van der Waals surface area (Å²) in [7, 11) is -1.03. The first kappa shape index (κ1) is 20.4. The number of aliphatic hydroxyl groups excluding tert-OH is 1. The Morgan fingerprint density at radius 2 is 1.92 bits per heavy atom. The Labute approximate surface area is 149 Å². The molecular weight excluding hydrogens is 373 g/mol. The predicted octanol–water partition coefficient (Wildman–Crippen LogP) is 2.37. The molecule has 1 aromatic heterocycles. The molecule has 0 aliphatic heterocycles. The lowest BCUT2D eigenvalue weighted by molar-refractivity contribution is -0.138. The highest BCUT2D eigenvalue weighted by molar-refractivity contribution is 7.88. The van der Waals surface area contributed by atoms with Crippen LogP contribution >= 0.6 is 0 Å². The highest BCUT2D eigenvalue weighted by Gasteiger charge is 2.34. The molecule has 144 valence electrons. The van der Waals surface area contributed by atoms with Crippen molar-refractivity contribution in [2.24, 2.45) is 0 Å². The maximum Gasteiger partial charge on any atom is 0.416 e. The van der Waals surface area contributed by atoms with E-state index in [9.17, 15) is 26.7 Å². The van der Waals surface area contributed by atoms with Crippen LogP contribution in [0.3, 0.4) is 0 Å². The van der Waals surface area contributed by atoms with E-state index in [4.69, 9.17) is 4.42 Å². The third kappa shape index (κ3) is 4.44. The number of sulfonamides is 1. The first-order valence-electron chi connectivity index (χ1n) is 7.57. The van der Waals surface area contributed by atoms with Crippen LogP contribution < -0.4 is 5.32 Å².